The summed E-state index contributed by atoms with van der Waals surface area (Å²) in [7, 11) is -3.28. The van der Waals surface area contributed by atoms with Crippen molar-refractivity contribution in [3.05, 3.63) is 23.9 Å². The van der Waals surface area contributed by atoms with E-state index in [0.29, 0.717) is 5.82 Å². The maximum absolute atomic E-state index is 11.4. The summed E-state index contributed by atoms with van der Waals surface area (Å²) >= 11 is 0. The van der Waals surface area contributed by atoms with E-state index in [1.54, 1.807) is 19.2 Å². The predicted molar refractivity (Wildman–Crippen MR) is 63.2 cm³/mol. The lowest BCUT2D eigenvalue weighted by atomic mass is 10.3. The van der Waals surface area contributed by atoms with Gasteiger partial charge in [0.1, 0.15) is 0 Å². The molecule has 0 aliphatic rings. The fourth-order valence-corrected chi connectivity index (χ4v) is 2.00. The highest BCUT2D eigenvalue weighted by atomic mass is 32.2. The first-order valence-corrected chi connectivity index (χ1v) is 6.38. The first-order chi connectivity index (χ1) is 7.00. The number of hydrogen-bond acceptors (Lipinski definition) is 3. The van der Waals surface area contributed by atoms with E-state index >= 15 is 0 Å². The molecule has 0 radical (unpaired) electrons. The number of rotatable bonds is 3. The van der Waals surface area contributed by atoms with Gasteiger partial charge >= 0.3 is 0 Å². The quantitative estimate of drug-likeness (QED) is 0.741. The van der Waals surface area contributed by atoms with Gasteiger partial charge in [0, 0.05) is 18.0 Å². The van der Waals surface area contributed by atoms with Gasteiger partial charge in [-0.05, 0) is 19.9 Å². The third-order valence-corrected chi connectivity index (χ3v) is 2.82. The van der Waals surface area contributed by atoms with E-state index in [-0.39, 0.29) is 0 Å². The van der Waals surface area contributed by atoms with Crippen molar-refractivity contribution in [2.75, 3.05) is 6.26 Å². The van der Waals surface area contributed by atoms with Crippen LogP contribution in [-0.4, -0.2) is 24.9 Å². The van der Waals surface area contributed by atoms with Gasteiger partial charge in [0.05, 0.1) is 6.26 Å². The van der Waals surface area contributed by atoms with Crippen LogP contribution in [0.4, 0.5) is 5.82 Å². The molecule has 0 saturated carbocycles. The van der Waals surface area contributed by atoms with Gasteiger partial charge in [0.2, 0.25) is 10.0 Å². The van der Waals surface area contributed by atoms with Crippen LogP contribution in [0.25, 0.3) is 6.08 Å². The van der Waals surface area contributed by atoms with Crippen molar-refractivity contribution in [2.45, 2.75) is 13.8 Å². The first-order valence-electron chi connectivity index (χ1n) is 4.54. The topological polar surface area (TPSA) is 51.4 Å². The number of hydrogen-bond donors (Lipinski definition) is 0. The molecule has 1 aromatic heterocycles. The van der Waals surface area contributed by atoms with E-state index in [1.165, 1.54) is 10.2 Å². The van der Waals surface area contributed by atoms with Crippen LogP contribution in [0.5, 0.6) is 0 Å². The van der Waals surface area contributed by atoms with Crippen LogP contribution in [0.2, 0.25) is 0 Å². The molecule has 0 fully saturated rings. The summed E-state index contributed by atoms with van der Waals surface area (Å²) in [5.74, 6) is 0.443. The maximum atomic E-state index is 11.4. The average Bonchev–Trinajstić information content (AvgIpc) is 2.49. The Balaban J connectivity index is 3.43. The van der Waals surface area contributed by atoms with Crippen LogP contribution in [0, 0.1) is 0 Å². The van der Waals surface area contributed by atoms with Crippen molar-refractivity contribution in [1.29, 1.82) is 0 Å². The van der Waals surface area contributed by atoms with Gasteiger partial charge in [0.15, 0.2) is 5.82 Å². The lowest BCUT2D eigenvalue weighted by Gasteiger charge is -2.02. The van der Waals surface area contributed by atoms with Gasteiger partial charge in [-0.15, -0.1) is 0 Å². The van der Waals surface area contributed by atoms with Gasteiger partial charge in [-0.3, -0.25) is 0 Å². The van der Waals surface area contributed by atoms with E-state index < -0.39 is 10.0 Å². The minimum absolute atomic E-state index is 0.443. The molecule has 1 heterocycles. The van der Waals surface area contributed by atoms with E-state index in [1.807, 2.05) is 19.1 Å². The minimum atomic E-state index is -3.28. The Morgan fingerprint density at radius 2 is 2.07 bits per heavy atom. The second-order valence-corrected chi connectivity index (χ2v) is 4.90. The zero-order valence-electron chi connectivity index (χ0n) is 9.01. The van der Waals surface area contributed by atoms with Crippen LogP contribution in [0.3, 0.4) is 0 Å². The Kier molecular flexibility index (Phi) is 3.47. The average molecular weight is 226 g/mol. The van der Waals surface area contributed by atoms with Crippen LogP contribution >= 0.6 is 0 Å². The maximum Gasteiger partial charge on any atom is 0.237 e. The molecule has 0 unspecified atom stereocenters. The van der Waals surface area contributed by atoms with Crippen LogP contribution in [0.1, 0.15) is 19.4 Å². The molecule has 0 saturated heterocycles. The molecule has 1 aromatic rings. The molecule has 0 amide bonds. The fraction of sp³-hybridized carbons (Fsp3) is 0.300. The number of allylic oxidation sites excluding steroid dienone is 1. The Bertz CT molecular complexity index is 495. The summed E-state index contributed by atoms with van der Waals surface area (Å²) in [6.07, 6.45) is 7.90. The van der Waals surface area contributed by atoms with Crippen molar-refractivity contribution in [2.24, 2.45) is 4.99 Å². The SMILES string of the molecule is C/C=C\c1ccn(S(C)(=O)=O)c1/N=C\C. The Labute approximate surface area is 90.0 Å². The summed E-state index contributed by atoms with van der Waals surface area (Å²) in [4.78, 5) is 4.06. The zero-order valence-corrected chi connectivity index (χ0v) is 9.82. The highest BCUT2D eigenvalue weighted by Crippen LogP contribution is 2.23. The lowest BCUT2D eigenvalue weighted by Crippen LogP contribution is -2.07. The van der Waals surface area contributed by atoms with Crippen molar-refractivity contribution in [3.63, 3.8) is 0 Å². The molecule has 0 aromatic carbocycles. The van der Waals surface area contributed by atoms with Crippen molar-refractivity contribution >= 4 is 28.1 Å². The largest absolute Gasteiger partial charge is 0.242 e. The zero-order chi connectivity index (χ0) is 11.5. The second kappa shape index (κ2) is 4.44. The summed E-state index contributed by atoms with van der Waals surface area (Å²) in [6, 6.07) is 1.73. The molecule has 0 aliphatic carbocycles. The normalized spacial score (nSPS) is 13.0. The van der Waals surface area contributed by atoms with Crippen LogP contribution in [-0.2, 0) is 10.0 Å². The minimum Gasteiger partial charge on any atom is -0.242 e. The Morgan fingerprint density at radius 1 is 1.40 bits per heavy atom. The fourth-order valence-electron chi connectivity index (χ4n) is 1.25. The highest BCUT2D eigenvalue weighted by Gasteiger charge is 2.12. The third-order valence-electron chi connectivity index (χ3n) is 1.81. The molecular formula is C10H14N2O2S. The van der Waals surface area contributed by atoms with Crippen LogP contribution in [0.15, 0.2) is 23.3 Å². The second-order valence-electron chi connectivity index (χ2n) is 3.04. The molecule has 0 aliphatic heterocycles. The molecule has 0 atom stereocenters. The van der Waals surface area contributed by atoms with Gasteiger partial charge in [-0.2, -0.15) is 0 Å². The number of nitrogens with zero attached hydrogens (tertiary/aromatic N) is 2. The number of aromatic nitrogens is 1. The van der Waals surface area contributed by atoms with Crippen LogP contribution < -0.4 is 0 Å². The molecule has 0 spiro atoms. The smallest absolute Gasteiger partial charge is 0.237 e. The van der Waals surface area contributed by atoms with Gasteiger partial charge in [0.25, 0.3) is 0 Å². The molecule has 82 valence electrons. The molecular weight excluding hydrogens is 212 g/mol. The molecule has 15 heavy (non-hydrogen) atoms. The summed E-state index contributed by atoms with van der Waals surface area (Å²) < 4.78 is 24.0. The highest BCUT2D eigenvalue weighted by molar-refractivity contribution is 7.89. The van der Waals surface area contributed by atoms with Gasteiger partial charge in [-0.1, -0.05) is 12.2 Å². The standard InChI is InChI=1S/C10H14N2O2S/c1-4-6-9-7-8-12(15(3,13)14)10(9)11-5-2/h4-8H,1-3H3/b6-4-,11-5-. The van der Waals surface area contributed by atoms with E-state index in [2.05, 4.69) is 4.99 Å². The summed E-state index contributed by atoms with van der Waals surface area (Å²) in [5.41, 5.74) is 0.793. The van der Waals surface area contributed by atoms with E-state index in [4.69, 9.17) is 0 Å². The van der Waals surface area contributed by atoms with Gasteiger partial charge in [-0.25, -0.2) is 17.4 Å². The molecule has 1 rings (SSSR count). The lowest BCUT2D eigenvalue weighted by molar-refractivity contribution is 0.594. The predicted octanol–water partition coefficient (Wildman–Crippen LogP) is 2.05. The molecule has 4 nitrogen and oxygen atoms in total. The first kappa shape index (κ1) is 11.7. The van der Waals surface area contributed by atoms with Crippen molar-refractivity contribution < 1.29 is 8.42 Å². The van der Waals surface area contributed by atoms with Crippen molar-refractivity contribution in [3.8, 4) is 0 Å². The van der Waals surface area contributed by atoms with Crippen molar-refractivity contribution in [1.82, 2.24) is 3.97 Å². The van der Waals surface area contributed by atoms with E-state index in [0.717, 1.165) is 11.8 Å². The molecule has 0 bridgehead atoms. The van der Waals surface area contributed by atoms with Gasteiger partial charge < -0.3 is 0 Å². The Hall–Kier alpha value is -1.36. The summed E-state index contributed by atoms with van der Waals surface area (Å²) in [6.45, 7) is 3.62. The molecule has 5 heteroatoms. The third kappa shape index (κ3) is 2.56. The molecule has 0 N–H and O–H groups in total. The Morgan fingerprint density at radius 3 is 2.53 bits per heavy atom. The number of aliphatic imine (C=N–C) groups is 1. The monoisotopic (exact) mass is 226 g/mol. The summed E-state index contributed by atoms with van der Waals surface area (Å²) in [5, 5.41) is 0. The van der Waals surface area contributed by atoms with E-state index in [9.17, 15) is 8.42 Å².